The number of thioether (sulfide) groups is 1. The van der Waals surface area contributed by atoms with E-state index in [4.69, 9.17) is 0 Å². The molecule has 2 rings (SSSR count). The molecule has 0 amide bonds. The van der Waals surface area contributed by atoms with Crippen LogP contribution >= 0.6 is 11.8 Å². The number of imidazole rings is 1. The first kappa shape index (κ1) is 8.13. The molecule has 2 heterocycles. The van der Waals surface area contributed by atoms with E-state index in [1.807, 2.05) is 31.2 Å². The number of aryl methyl sites for hydroxylation is 1. The molecule has 3 nitrogen and oxygen atoms in total. The molecule has 1 atom stereocenters. The molecule has 0 radical (unpaired) electrons. The van der Waals surface area contributed by atoms with Gasteiger partial charge in [-0.05, 0) is 13.0 Å². The van der Waals surface area contributed by atoms with Crippen LogP contribution in [-0.2, 0) is 7.05 Å². The maximum atomic E-state index is 4.28. The molecule has 4 heteroatoms. The van der Waals surface area contributed by atoms with Gasteiger partial charge in [-0.1, -0.05) is 11.8 Å². The quantitative estimate of drug-likeness (QED) is 0.738. The summed E-state index contributed by atoms with van der Waals surface area (Å²) in [6.07, 6.45) is 5.10. The van der Waals surface area contributed by atoms with Gasteiger partial charge in [0, 0.05) is 31.2 Å². The minimum atomic E-state index is 0.714. The number of aromatic nitrogens is 2. The third-order valence-corrected chi connectivity index (χ3v) is 3.40. The number of hydrogen-bond acceptors (Lipinski definition) is 3. The smallest absolute Gasteiger partial charge is 0.167 e. The fraction of sp³-hybridized carbons (Fsp3) is 0.625. The first-order valence-electron chi connectivity index (χ1n) is 4.21. The Bertz CT molecular complexity index is 253. The zero-order valence-electron chi connectivity index (χ0n) is 7.16. The molecule has 1 unspecified atom stereocenters. The average Bonchev–Trinajstić information content (AvgIpc) is 2.65. The highest BCUT2D eigenvalue weighted by Gasteiger charge is 2.17. The highest BCUT2D eigenvalue weighted by molar-refractivity contribution is 7.99. The molecule has 1 aromatic heterocycles. The van der Waals surface area contributed by atoms with Crippen molar-refractivity contribution in [3.8, 4) is 0 Å². The SMILES string of the molecule is Cn1ccnc1SC1CCNC1. The van der Waals surface area contributed by atoms with Crippen LogP contribution in [0.2, 0.25) is 0 Å². The summed E-state index contributed by atoms with van der Waals surface area (Å²) < 4.78 is 2.07. The van der Waals surface area contributed by atoms with Gasteiger partial charge in [0.1, 0.15) is 0 Å². The van der Waals surface area contributed by atoms with Crippen LogP contribution in [0.15, 0.2) is 17.6 Å². The Kier molecular flexibility index (Phi) is 2.37. The molecular formula is C8H13N3S. The van der Waals surface area contributed by atoms with Gasteiger partial charge in [0.2, 0.25) is 0 Å². The third-order valence-electron chi connectivity index (χ3n) is 2.06. The summed E-state index contributed by atoms with van der Waals surface area (Å²) >= 11 is 1.87. The summed E-state index contributed by atoms with van der Waals surface area (Å²) in [4.78, 5) is 4.28. The van der Waals surface area contributed by atoms with Crippen LogP contribution in [0.25, 0.3) is 0 Å². The van der Waals surface area contributed by atoms with Gasteiger partial charge in [-0.2, -0.15) is 0 Å². The van der Waals surface area contributed by atoms with E-state index < -0.39 is 0 Å². The molecule has 0 saturated carbocycles. The van der Waals surface area contributed by atoms with Crippen molar-refractivity contribution >= 4 is 11.8 Å². The monoisotopic (exact) mass is 183 g/mol. The van der Waals surface area contributed by atoms with Crippen molar-refractivity contribution in [3.05, 3.63) is 12.4 Å². The third kappa shape index (κ3) is 1.64. The summed E-state index contributed by atoms with van der Waals surface area (Å²) in [5.74, 6) is 0. The standard InChI is InChI=1S/C8H13N3S/c1-11-5-4-10-8(11)12-7-2-3-9-6-7/h4-5,7,9H,2-3,6H2,1H3. The van der Waals surface area contributed by atoms with Gasteiger partial charge in [-0.25, -0.2) is 4.98 Å². The van der Waals surface area contributed by atoms with Crippen LogP contribution < -0.4 is 5.32 Å². The van der Waals surface area contributed by atoms with E-state index >= 15 is 0 Å². The largest absolute Gasteiger partial charge is 0.329 e. The second kappa shape index (κ2) is 3.49. The minimum absolute atomic E-state index is 0.714. The molecule has 12 heavy (non-hydrogen) atoms. The fourth-order valence-corrected chi connectivity index (χ4v) is 2.43. The average molecular weight is 183 g/mol. The Labute approximate surface area is 76.6 Å². The van der Waals surface area contributed by atoms with E-state index in [9.17, 15) is 0 Å². The molecule has 66 valence electrons. The summed E-state index contributed by atoms with van der Waals surface area (Å²) in [6, 6.07) is 0. The highest BCUT2D eigenvalue weighted by Crippen LogP contribution is 2.24. The molecule has 0 aromatic carbocycles. The summed E-state index contributed by atoms with van der Waals surface area (Å²) in [5, 5.41) is 5.19. The molecule has 1 fully saturated rings. The van der Waals surface area contributed by atoms with Gasteiger partial charge < -0.3 is 9.88 Å². The summed E-state index contributed by atoms with van der Waals surface area (Å²) in [6.45, 7) is 2.28. The summed E-state index contributed by atoms with van der Waals surface area (Å²) in [5.41, 5.74) is 0. The molecule has 0 bridgehead atoms. The van der Waals surface area contributed by atoms with E-state index in [2.05, 4.69) is 14.9 Å². The van der Waals surface area contributed by atoms with Gasteiger partial charge >= 0.3 is 0 Å². The number of rotatable bonds is 2. The Hall–Kier alpha value is -0.480. The lowest BCUT2D eigenvalue weighted by molar-refractivity contribution is 0.783. The van der Waals surface area contributed by atoms with Crippen molar-refractivity contribution in [1.82, 2.24) is 14.9 Å². The van der Waals surface area contributed by atoms with Crippen molar-refractivity contribution in [2.45, 2.75) is 16.8 Å². The van der Waals surface area contributed by atoms with Gasteiger partial charge in [0.15, 0.2) is 5.16 Å². The van der Waals surface area contributed by atoms with Crippen LogP contribution in [0.5, 0.6) is 0 Å². The van der Waals surface area contributed by atoms with Crippen molar-refractivity contribution in [2.24, 2.45) is 7.05 Å². The molecule has 1 aliphatic heterocycles. The molecule has 1 aromatic rings. The van der Waals surface area contributed by atoms with Gasteiger partial charge in [-0.3, -0.25) is 0 Å². The lowest BCUT2D eigenvalue weighted by Gasteiger charge is -2.06. The minimum Gasteiger partial charge on any atom is -0.329 e. The van der Waals surface area contributed by atoms with Crippen LogP contribution in [-0.4, -0.2) is 27.9 Å². The van der Waals surface area contributed by atoms with Crippen LogP contribution in [0.1, 0.15) is 6.42 Å². The molecule has 0 aliphatic carbocycles. The first-order chi connectivity index (χ1) is 5.86. The van der Waals surface area contributed by atoms with Crippen LogP contribution in [0, 0.1) is 0 Å². The van der Waals surface area contributed by atoms with Gasteiger partial charge in [0.25, 0.3) is 0 Å². The highest BCUT2D eigenvalue weighted by atomic mass is 32.2. The van der Waals surface area contributed by atoms with E-state index in [0.717, 1.165) is 18.2 Å². The number of hydrogen-bond donors (Lipinski definition) is 1. The lowest BCUT2D eigenvalue weighted by Crippen LogP contribution is -2.10. The Morgan fingerprint density at radius 1 is 1.75 bits per heavy atom. The van der Waals surface area contributed by atoms with Crippen molar-refractivity contribution in [3.63, 3.8) is 0 Å². The zero-order chi connectivity index (χ0) is 8.39. The molecule has 1 aliphatic rings. The van der Waals surface area contributed by atoms with Gasteiger partial charge in [-0.15, -0.1) is 0 Å². The zero-order valence-corrected chi connectivity index (χ0v) is 7.97. The second-order valence-corrected chi connectivity index (χ2v) is 4.32. The van der Waals surface area contributed by atoms with E-state index in [0.29, 0.717) is 5.25 Å². The first-order valence-corrected chi connectivity index (χ1v) is 5.09. The number of nitrogens with zero attached hydrogens (tertiary/aromatic N) is 2. The fourth-order valence-electron chi connectivity index (χ4n) is 1.34. The van der Waals surface area contributed by atoms with Crippen molar-refractivity contribution in [2.75, 3.05) is 13.1 Å². The molecule has 0 spiro atoms. The van der Waals surface area contributed by atoms with Crippen molar-refractivity contribution in [1.29, 1.82) is 0 Å². The molecule has 1 saturated heterocycles. The van der Waals surface area contributed by atoms with Crippen molar-refractivity contribution < 1.29 is 0 Å². The predicted molar refractivity (Wildman–Crippen MR) is 50.3 cm³/mol. The number of nitrogens with one attached hydrogen (secondary N) is 1. The maximum Gasteiger partial charge on any atom is 0.167 e. The second-order valence-electron chi connectivity index (χ2n) is 3.05. The molecule has 1 N–H and O–H groups in total. The normalized spacial score (nSPS) is 23.2. The predicted octanol–water partition coefficient (Wildman–Crippen LogP) is 0.874. The summed E-state index contributed by atoms with van der Waals surface area (Å²) in [7, 11) is 2.04. The van der Waals surface area contributed by atoms with E-state index in [1.165, 1.54) is 6.42 Å². The van der Waals surface area contributed by atoms with E-state index in [-0.39, 0.29) is 0 Å². The van der Waals surface area contributed by atoms with Gasteiger partial charge in [0.05, 0.1) is 0 Å². The maximum absolute atomic E-state index is 4.28. The van der Waals surface area contributed by atoms with E-state index in [1.54, 1.807) is 0 Å². The topological polar surface area (TPSA) is 29.9 Å². The molecular weight excluding hydrogens is 170 g/mol. The Morgan fingerprint density at radius 2 is 2.67 bits per heavy atom. The lowest BCUT2D eigenvalue weighted by atomic mass is 10.4. The Balaban J connectivity index is 1.98. The van der Waals surface area contributed by atoms with Crippen LogP contribution in [0.4, 0.5) is 0 Å². The van der Waals surface area contributed by atoms with Crippen LogP contribution in [0.3, 0.4) is 0 Å². The Morgan fingerprint density at radius 3 is 3.25 bits per heavy atom.